The average Bonchev–Trinajstić information content (AvgIpc) is 3.50. The monoisotopic (exact) mass is 424 g/mol. The van der Waals surface area contributed by atoms with Crippen molar-refractivity contribution in [1.82, 2.24) is 19.7 Å². The molecule has 1 fully saturated rings. The first kappa shape index (κ1) is 19.9. The SMILES string of the molecule is Cn1nccc1-c1ccc(N2CCCC2C(=O)Nc2ccc(-c3cccnc3)nc2)cc1. The van der Waals surface area contributed by atoms with Crippen LogP contribution in [-0.2, 0) is 11.8 Å². The third-order valence-electron chi connectivity index (χ3n) is 5.86. The van der Waals surface area contributed by atoms with E-state index in [1.54, 1.807) is 24.8 Å². The third kappa shape index (κ3) is 3.97. The number of amides is 1. The van der Waals surface area contributed by atoms with E-state index in [0.717, 1.165) is 47.6 Å². The molecular formula is C25H24N6O. The molecule has 3 aromatic heterocycles. The molecule has 0 radical (unpaired) electrons. The Hall–Kier alpha value is -4.00. The summed E-state index contributed by atoms with van der Waals surface area (Å²) in [6, 6.07) is 17.8. The molecule has 32 heavy (non-hydrogen) atoms. The molecule has 0 spiro atoms. The summed E-state index contributed by atoms with van der Waals surface area (Å²) < 4.78 is 1.86. The van der Waals surface area contributed by atoms with Crippen molar-refractivity contribution in [2.24, 2.45) is 7.05 Å². The van der Waals surface area contributed by atoms with Gasteiger partial charge in [0.15, 0.2) is 0 Å². The molecule has 1 N–H and O–H groups in total. The quantitative estimate of drug-likeness (QED) is 0.521. The Morgan fingerprint density at radius 2 is 1.88 bits per heavy atom. The summed E-state index contributed by atoms with van der Waals surface area (Å²) in [4.78, 5) is 23.8. The van der Waals surface area contributed by atoms with Gasteiger partial charge in [0.25, 0.3) is 0 Å². The minimum Gasteiger partial charge on any atom is -0.360 e. The molecular weight excluding hydrogens is 400 g/mol. The number of pyridine rings is 2. The predicted octanol–water partition coefficient (Wildman–Crippen LogP) is 4.15. The molecule has 5 rings (SSSR count). The average molecular weight is 425 g/mol. The van der Waals surface area contributed by atoms with Gasteiger partial charge in [-0.15, -0.1) is 0 Å². The van der Waals surface area contributed by atoms with E-state index in [2.05, 4.69) is 49.5 Å². The van der Waals surface area contributed by atoms with E-state index in [0.29, 0.717) is 5.69 Å². The lowest BCUT2D eigenvalue weighted by molar-refractivity contribution is -0.117. The zero-order chi connectivity index (χ0) is 21.9. The van der Waals surface area contributed by atoms with Crippen LogP contribution in [0.2, 0.25) is 0 Å². The van der Waals surface area contributed by atoms with Crippen molar-refractivity contribution in [2.75, 3.05) is 16.8 Å². The van der Waals surface area contributed by atoms with E-state index in [1.807, 2.05) is 42.1 Å². The van der Waals surface area contributed by atoms with Gasteiger partial charge in [0.2, 0.25) is 5.91 Å². The number of rotatable bonds is 5. The van der Waals surface area contributed by atoms with Crippen LogP contribution in [0.5, 0.6) is 0 Å². The molecule has 160 valence electrons. The van der Waals surface area contributed by atoms with Gasteiger partial charge < -0.3 is 10.2 Å². The van der Waals surface area contributed by atoms with Crippen LogP contribution in [0.1, 0.15) is 12.8 Å². The molecule has 1 aliphatic heterocycles. The fourth-order valence-electron chi connectivity index (χ4n) is 4.21. The zero-order valence-corrected chi connectivity index (χ0v) is 17.8. The van der Waals surface area contributed by atoms with Gasteiger partial charge >= 0.3 is 0 Å². The number of nitrogens with zero attached hydrogens (tertiary/aromatic N) is 5. The van der Waals surface area contributed by atoms with Gasteiger partial charge in [0.05, 0.1) is 23.3 Å². The molecule has 0 bridgehead atoms. The second-order valence-electron chi connectivity index (χ2n) is 7.90. The Balaban J connectivity index is 1.28. The van der Waals surface area contributed by atoms with Crippen LogP contribution in [-0.4, -0.2) is 38.2 Å². The fourth-order valence-corrected chi connectivity index (χ4v) is 4.21. The second kappa shape index (κ2) is 8.63. The van der Waals surface area contributed by atoms with Gasteiger partial charge in [-0.25, -0.2) is 0 Å². The van der Waals surface area contributed by atoms with Crippen molar-refractivity contribution >= 4 is 17.3 Å². The number of hydrogen-bond donors (Lipinski definition) is 1. The van der Waals surface area contributed by atoms with E-state index in [9.17, 15) is 4.79 Å². The molecule has 4 heterocycles. The van der Waals surface area contributed by atoms with Crippen molar-refractivity contribution in [3.8, 4) is 22.5 Å². The molecule has 4 aromatic rings. The number of carbonyl (C=O) groups excluding carboxylic acids is 1. The Kier molecular flexibility index (Phi) is 5.37. The maximum Gasteiger partial charge on any atom is 0.247 e. The van der Waals surface area contributed by atoms with Gasteiger partial charge in [-0.3, -0.25) is 19.4 Å². The van der Waals surface area contributed by atoms with Gasteiger partial charge in [-0.05, 0) is 60.9 Å². The summed E-state index contributed by atoms with van der Waals surface area (Å²) in [5, 5.41) is 7.27. The van der Waals surface area contributed by atoms with Crippen LogP contribution in [0.4, 0.5) is 11.4 Å². The van der Waals surface area contributed by atoms with Crippen molar-refractivity contribution in [3.05, 3.63) is 79.4 Å². The molecule has 1 atom stereocenters. The minimum atomic E-state index is -0.199. The fraction of sp³-hybridized carbons (Fsp3) is 0.200. The van der Waals surface area contributed by atoms with Crippen molar-refractivity contribution in [3.63, 3.8) is 0 Å². The molecule has 1 amide bonds. The van der Waals surface area contributed by atoms with Crippen molar-refractivity contribution in [2.45, 2.75) is 18.9 Å². The lowest BCUT2D eigenvalue weighted by Crippen LogP contribution is -2.39. The van der Waals surface area contributed by atoms with E-state index < -0.39 is 0 Å². The van der Waals surface area contributed by atoms with Gasteiger partial charge in [0, 0.05) is 43.4 Å². The normalized spacial score (nSPS) is 15.7. The number of benzene rings is 1. The Morgan fingerprint density at radius 1 is 1.00 bits per heavy atom. The summed E-state index contributed by atoms with van der Waals surface area (Å²) in [6.07, 6.45) is 8.81. The number of aryl methyl sites for hydroxylation is 1. The highest BCUT2D eigenvalue weighted by atomic mass is 16.2. The van der Waals surface area contributed by atoms with Crippen LogP contribution < -0.4 is 10.2 Å². The molecule has 0 aliphatic carbocycles. The number of carbonyl (C=O) groups is 1. The van der Waals surface area contributed by atoms with Crippen molar-refractivity contribution < 1.29 is 4.79 Å². The molecule has 7 heteroatoms. The summed E-state index contributed by atoms with van der Waals surface area (Å²) in [7, 11) is 1.93. The molecule has 0 saturated carbocycles. The summed E-state index contributed by atoms with van der Waals surface area (Å²) >= 11 is 0. The summed E-state index contributed by atoms with van der Waals surface area (Å²) in [5.41, 5.74) is 5.69. The molecule has 1 aliphatic rings. The van der Waals surface area contributed by atoms with Crippen LogP contribution in [0.25, 0.3) is 22.5 Å². The molecule has 7 nitrogen and oxygen atoms in total. The predicted molar refractivity (Wildman–Crippen MR) is 125 cm³/mol. The topological polar surface area (TPSA) is 75.9 Å². The first-order chi connectivity index (χ1) is 15.7. The Morgan fingerprint density at radius 3 is 2.56 bits per heavy atom. The van der Waals surface area contributed by atoms with Crippen LogP contribution in [0, 0.1) is 0 Å². The highest BCUT2D eigenvalue weighted by Crippen LogP contribution is 2.29. The van der Waals surface area contributed by atoms with E-state index >= 15 is 0 Å². The highest BCUT2D eigenvalue weighted by molar-refractivity contribution is 5.97. The lowest BCUT2D eigenvalue weighted by Gasteiger charge is -2.26. The zero-order valence-electron chi connectivity index (χ0n) is 17.8. The highest BCUT2D eigenvalue weighted by Gasteiger charge is 2.31. The third-order valence-corrected chi connectivity index (χ3v) is 5.86. The first-order valence-corrected chi connectivity index (χ1v) is 10.7. The van der Waals surface area contributed by atoms with E-state index in [1.165, 1.54) is 0 Å². The maximum atomic E-state index is 13.0. The lowest BCUT2D eigenvalue weighted by atomic mass is 10.1. The molecule has 1 aromatic carbocycles. The largest absolute Gasteiger partial charge is 0.360 e. The second-order valence-corrected chi connectivity index (χ2v) is 7.90. The van der Waals surface area contributed by atoms with Crippen LogP contribution in [0.15, 0.2) is 79.4 Å². The van der Waals surface area contributed by atoms with Gasteiger partial charge in [-0.2, -0.15) is 5.10 Å². The minimum absolute atomic E-state index is 0.00543. The molecule has 1 saturated heterocycles. The first-order valence-electron chi connectivity index (χ1n) is 10.7. The maximum absolute atomic E-state index is 13.0. The Bertz CT molecular complexity index is 1200. The summed E-state index contributed by atoms with van der Waals surface area (Å²) in [6.45, 7) is 0.862. The number of nitrogens with one attached hydrogen (secondary N) is 1. The Labute approximate surface area is 186 Å². The molecule has 1 unspecified atom stereocenters. The summed E-state index contributed by atoms with van der Waals surface area (Å²) in [5.74, 6) is -0.00543. The number of aromatic nitrogens is 4. The van der Waals surface area contributed by atoms with Crippen LogP contribution in [0.3, 0.4) is 0 Å². The standard InChI is InChI=1S/C25H24N6O/c1-30-23(12-14-28-30)18-6-9-21(10-7-18)31-15-3-5-24(31)25(32)29-20-8-11-22(27-17-20)19-4-2-13-26-16-19/h2,4,6-14,16-17,24H,3,5,15H2,1H3,(H,29,32). The van der Waals surface area contributed by atoms with Gasteiger partial charge in [-0.1, -0.05) is 12.1 Å². The smallest absolute Gasteiger partial charge is 0.247 e. The van der Waals surface area contributed by atoms with Crippen molar-refractivity contribution in [1.29, 1.82) is 0 Å². The van der Waals surface area contributed by atoms with Crippen LogP contribution >= 0.6 is 0 Å². The van der Waals surface area contributed by atoms with Gasteiger partial charge in [0.1, 0.15) is 6.04 Å². The number of hydrogen-bond acceptors (Lipinski definition) is 5. The van der Waals surface area contributed by atoms with E-state index in [-0.39, 0.29) is 11.9 Å². The van der Waals surface area contributed by atoms with E-state index in [4.69, 9.17) is 0 Å². The number of anilines is 2.